The molecule has 28 heavy (non-hydrogen) atoms. The molecule has 0 unspecified atom stereocenters. The second kappa shape index (κ2) is 7.82. The van der Waals surface area contributed by atoms with E-state index in [1.165, 1.54) is 31.2 Å². The number of piperazine rings is 1. The van der Waals surface area contributed by atoms with Gasteiger partial charge >= 0.3 is 6.09 Å². The highest BCUT2D eigenvalue weighted by Crippen LogP contribution is 2.40. The number of hydrogen-bond donors (Lipinski definition) is 0. The van der Waals surface area contributed by atoms with Crippen LogP contribution in [0.25, 0.3) is 0 Å². The average Bonchev–Trinajstić information content (AvgIpc) is 3.15. The van der Waals surface area contributed by atoms with Crippen LogP contribution in [0.1, 0.15) is 57.9 Å². The van der Waals surface area contributed by atoms with Crippen molar-refractivity contribution in [1.82, 2.24) is 9.80 Å². The van der Waals surface area contributed by atoms with Crippen molar-refractivity contribution < 1.29 is 19.0 Å². The lowest BCUT2D eigenvalue weighted by Crippen LogP contribution is -2.53. The minimum Gasteiger partial charge on any atom is -0.454 e. The lowest BCUT2D eigenvalue weighted by Gasteiger charge is -2.42. The second-order valence-corrected chi connectivity index (χ2v) is 9.12. The number of nitrogens with zero attached hydrogens (tertiary/aromatic N) is 2. The standard InChI is InChI=1S/C22H32N2O4/c1-22(2,3)28-21(25)24-12-10-23(11-13-24)18-7-4-16(5-8-18)17-6-9-19-20(14-17)27-15-26-19/h6,9,14,16,18H,4-5,7-8,10-13,15H2,1-3H3. The third-order valence-corrected chi connectivity index (χ3v) is 6.05. The molecule has 1 aliphatic carbocycles. The predicted octanol–water partition coefficient (Wildman–Crippen LogP) is 3.99. The van der Waals surface area contributed by atoms with Gasteiger partial charge in [-0.05, 0) is 70.1 Å². The summed E-state index contributed by atoms with van der Waals surface area (Å²) in [4.78, 5) is 16.7. The molecule has 1 saturated carbocycles. The van der Waals surface area contributed by atoms with Crippen LogP contribution in [-0.4, -0.2) is 60.5 Å². The molecule has 0 N–H and O–H groups in total. The Kier molecular flexibility index (Phi) is 5.41. The monoisotopic (exact) mass is 388 g/mol. The summed E-state index contributed by atoms with van der Waals surface area (Å²) in [6, 6.07) is 7.02. The summed E-state index contributed by atoms with van der Waals surface area (Å²) >= 11 is 0. The van der Waals surface area contributed by atoms with Crippen molar-refractivity contribution in [2.24, 2.45) is 0 Å². The number of hydrogen-bond acceptors (Lipinski definition) is 5. The molecule has 2 aliphatic heterocycles. The van der Waals surface area contributed by atoms with Crippen molar-refractivity contribution >= 4 is 6.09 Å². The van der Waals surface area contributed by atoms with Crippen molar-refractivity contribution in [3.63, 3.8) is 0 Å². The summed E-state index contributed by atoms with van der Waals surface area (Å²) < 4.78 is 16.5. The number of fused-ring (bicyclic) bond motifs is 1. The molecule has 0 radical (unpaired) electrons. The minimum atomic E-state index is -0.429. The number of carbonyl (C=O) groups excluding carboxylic acids is 1. The van der Waals surface area contributed by atoms with E-state index in [0.717, 1.165) is 37.7 Å². The van der Waals surface area contributed by atoms with E-state index in [0.29, 0.717) is 18.8 Å². The zero-order valence-electron chi connectivity index (χ0n) is 17.3. The third-order valence-electron chi connectivity index (χ3n) is 6.05. The lowest BCUT2D eigenvalue weighted by molar-refractivity contribution is 0.00788. The highest BCUT2D eigenvalue weighted by molar-refractivity contribution is 5.68. The molecule has 0 atom stereocenters. The fraction of sp³-hybridized carbons (Fsp3) is 0.682. The van der Waals surface area contributed by atoms with E-state index in [-0.39, 0.29) is 6.09 Å². The van der Waals surface area contributed by atoms with Gasteiger partial charge in [-0.25, -0.2) is 4.79 Å². The van der Waals surface area contributed by atoms with Gasteiger partial charge in [-0.3, -0.25) is 4.90 Å². The predicted molar refractivity (Wildman–Crippen MR) is 107 cm³/mol. The smallest absolute Gasteiger partial charge is 0.410 e. The first kappa shape index (κ1) is 19.4. The molecule has 1 aromatic rings. The van der Waals surface area contributed by atoms with Crippen LogP contribution in [0.4, 0.5) is 4.79 Å². The van der Waals surface area contributed by atoms with Gasteiger partial charge in [0, 0.05) is 32.2 Å². The Hall–Kier alpha value is -1.95. The van der Waals surface area contributed by atoms with Crippen LogP contribution in [-0.2, 0) is 4.74 Å². The first-order valence-electron chi connectivity index (χ1n) is 10.5. The molecule has 2 fully saturated rings. The van der Waals surface area contributed by atoms with Crippen LogP contribution in [0.3, 0.4) is 0 Å². The molecule has 154 valence electrons. The van der Waals surface area contributed by atoms with E-state index in [1.54, 1.807) is 0 Å². The maximum absolute atomic E-state index is 12.2. The first-order chi connectivity index (χ1) is 13.4. The van der Waals surface area contributed by atoms with Gasteiger partial charge in [-0.2, -0.15) is 0 Å². The lowest BCUT2D eigenvalue weighted by atomic mass is 9.81. The number of amides is 1. The Morgan fingerprint density at radius 1 is 1.00 bits per heavy atom. The molecule has 3 aliphatic rings. The maximum Gasteiger partial charge on any atom is 0.410 e. The molecule has 0 aromatic heterocycles. The van der Waals surface area contributed by atoms with Crippen molar-refractivity contribution in [3.8, 4) is 11.5 Å². The number of benzene rings is 1. The Bertz CT molecular complexity index is 699. The zero-order valence-corrected chi connectivity index (χ0v) is 17.3. The van der Waals surface area contributed by atoms with E-state index in [4.69, 9.17) is 14.2 Å². The fourth-order valence-electron chi connectivity index (χ4n) is 4.54. The van der Waals surface area contributed by atoms with E-state index in [1.807, 2.05) is 31.7 Å². The molecule has 1 saturated heterocycles. The molecule has 0 spiro atoms. The van der Waals surface area contributed by atoms with Crippen LogP contribution < -0.4 is 9.47 Å². The Morgan fingerprint density at radius 3 is 2.36 bits per heavy atom. The highest BCUT2D eigenvalue weighted by atomic mass is 16.7. The van der Waals surface area contributed by atoms with Gasteiger partial charge < -0.3 is 19.1 Å². The fourth-order valence-corrected chi connectivity index (χ4v) is 4.54. The number of carbonyl (C=O) groups is 1. The molecule has 2 heterocycles. The Labute approximate surface area is 167 Å². The molecular formula is C22H32N2O4. The molecule has 1 amide bonds. The van der Waals surface area contributed by atoms with Gasteiger partial charge in [0.05, 0.1) is 0 Å². The normalized spacial score (nSPS) is 25.6. The SMILES string of the molecule is CC(C)(C)OC(=O)N1CCN(C2CCC(c3ccc4c(c3)OCO4)CC2)CC1. The first-order valence-corrected chi connectivity index (χ1v) is 10.5. The molecule has 4 rings (SSSR count). The highest BCUT2D eigenvalue weighted by Gasteiger charge is 2.31. The Morgan fingerprint density at radius 2 is 1.68 bits per heavy atom. The largest absolute Gasteiger partial charge is 0.454 e. The topological polar surface area (TPSA) is 51.2 Å². The van der Waals surface area contributed by atoms with Gasteiger partial charge in [0.25, 0.3) is 0 Å². The third kappa shape index (κ3) is 4.37. The van der Waals surface area contributed by atoms with Crippen molar-refractivity contribution in [3.05, 3.63) is 23.8 Å². The van der Waals surface area contributed by atoms with Gasteiger partial charge in [0.1, 0.15) is 5.60 Å². The van der Waals surface area contributed by atoms with Gasteiger partial charge in [-0.15, -0.1) is 0 Å². The van der Waals surface area contributed by atoms with E-state index >= 15 is 0 Å². The van der Waals surface area contributed by atoms with Gasteiger partial charge in [-0.1, -0.05) is 6.07 Å². The summed E-state index contributed by atoms with van der Waals surface area (Å²) in [6.07, 6.45) is 4.66. The average molecular weight is 389 g/mol. The maximum atomic E-state index is 12.2. The summed E-state index contributed by atoms with van der Waals surface area (Å²) in [5.74, 6) is 2.35. The quantitative estimate of drug-likeness (QED) is 0.767. The molecule has 0 bridgehead atoms. The Balaban J connectivity index is 1.25. The van der Waals surface area contributed by atoms with Crippen molar-refractivity contribution in [1.29, 1.82) is 0 Å². The van der Waals surface area contributed by atoms with Crippen LogP contribution in [0.15, 0.2) is 18.2 Å². The minimum absolute atomic E-state index is 0.182. The summed E-state index contributed by atoms with van der Waals surface area (Å²) in [7, 11) is 0. The number of ether oxygens (including phenoxy) is 3. The van der Waals surface area contributed by atoms with Crippen LogP contribution in [0.2, 0.25) is 0 Å². The van der Waals surface area contributed by atoms with Gasteiger partial charge in [0.2, 0.25) is 6.79 Å². The number of rotatable bonds is 2. The van der Waals surface area contributed by atoms with Crippen molar-refractivity contribution in [2.45, 2.75) is 64.0 Å². The van der Waals surface area contributed by atoms with Crippen LogP contribution >= 0.6 is 0 Å². The van der Waals surface area contributed by atoms with Crippen LogP contribution in [0, 0.1) is 0 Å². The molecule has 6 heteroatoms. The van der Waals surface area contributed by atoms with Gasteiger partial charge in [0.15, 0.2) is 11.5 Å². The molecule has 6 nitrogen and oxygen atoms in total. The summed E-state index contributed by atoms with van der Waals surface area (Å²) in [5, 5.41) is 0. The van der Waals surface area contributed by atoms with Crippen molar-refractivity contribution in [2.75, 3.05) is 33.0 Å². The zero-order chi connectivity index (χ0) is 19.7. The summed E-state index contributed by atoms with van der Waals surface area (Å²) in [5.41, 5.74) is 0.943. The summed E-state index contributed by atoms with van der Waals surface area (Å²) in [6.45, 7) is 9.49. The molecular weight excluding hydrogens is 356 g/mol. The van der Waals surface area contributed by atoms with E-state index in [9.17, 15) is 4.79 Å². The van der Waals surface area contributed by atoms with E-state index < -0.39 is 5.60 Å². The molecule has 1 aromatic carbocycles. The second-order valence-electron chi connectivity index (χ2n) is 9.12. The van der Waals surface area contributed by atoms with E-state index in [2.05, 4.69) is 17.0 Å². The van der Waals surface area contributed by atoms with Crippen LogP contribution in [0.5, 0.6) is 11.5 Å².